The Morgan fingerprint density at radius 3 is 2.31 bits per heavy atom. The van der Waals surface area contributed by atoms with Crippen LogP contribution in [0, 0.1) is 23.7 Å². The Kier molecular flexibility index (Phi) is 1.68. The zero-order valence-corrected chi connectivity index (χ0v) is 8.33. The Labute approximate surface area is 80.2 Å². The highest BCUT2D eigenvalue weighted by atomic mass is 16.5. The van der Waals surface area contributed by atoms with Crippen LogP contribution in [0.3, 0.4) is 0 Å². The van der Waals surface area contributed by atoms with E-state index in [2.05, 4.69) is 0 Å². The van der Waals surface area contributed by atoms with Crippen molar-refractivity contribution in [2.75, 3.05) is 7.11 Å². The first kappa shape index (κ1) is 7.90. The summed E-state index contributed by atoms with van der Waals surface area (Å²) >= 11 is 0. The summed E-state index contributed by atoms with van der Waals surface area (Å²) in [7, 11) is 1.77. The summed E-state index contributed by atoms with van der Waals surface area (Å²) in [6.07, 6.45) is 9.28. The molecule has 1 nitrogen and oxygen atoms in total. The molecule has 0 radical (unpaired) electrons. The fraction of sp³-hybridized carbons (Fsp3) is 0.833. The fourth-order valence-electron chi connectivity index (χ4n) is 4.12. The first-order valence-corrected chi connectivity index (χ1v) is 5.59. The Bertz CT molecular complexity index is 224. The minimum atomic E-state index is 1.04. The summed E-state index contributed by atoms with van der Waals surface area (Å²) in [6, 6.07) is 0. The van der Waals surface area contributed by atoms with Gasteiger partial charge in [0.25, 0.3) is 0 Å². The Morgan fingerprint density at radius 1 is 1.15 bits per heavy atom. The normalized spacial score (nSPS) is 46.7. The van der Waals surface area contributed by atoms with Gasteiger partial charge in [0.05, 0.1) is 13.4 Å². The van der Waals surface area contributed by atoms with Crippen LogP contribution in [-0.4, -0.2) is 7.11 Å². The molecule has 0 heterocycles. The van der Waals surface area contributed by atoms with Crippen LogP contribution in [0.4, 0.5) is 0 Å². The van der Waals surface area contributed by atoms with Crippen molar-refractivity contribution in [1.29, 1.82) is 0 Å². The molecule has 0 aromatic carbocycles. The molecule has 3 aliphatic rings. The van der Waals surface area contributed by atoms with Crippen molar-refractivity contribution in [3.63, 3.8) is 0 Å². The van der Waals surface area contributed by atoms with Gasteiger partial charge in [-0.05, 0) is 61.3 Å². The SMILES string of the molecule is COC=C1CC2C3CCC(C3)C2C1. The van der Waals surface area contributed by atoms with Gasteiger partial charge in [0, 0.05) is 0 Å². The monoisotopic (exact) mass is 178 g/mol. The molecule has 0 spiro atoms. The molecule has 3 saturated carbocycles. The van der Waals surface area contributed by atoms with Crippen molar-refractivity contribution in [3.8, 4) is 0 Å². The van der Waals surface area contributed by atoms with E-state index in [4.69, 9.17) is 4.74 Å². The second kappa shape index (κ2) is 2.76. The summed E-state index contributed by atoms with van der Waals surface area (Å²) < 4.78 is 5.12. The largest absolute Gasteiger partial charge is 0.504 e. The highest BCUT2D eigenvalue weighted by Crippen LogP contribution is 2.59. The summed E-state index contributed by atoms with van der Waals surface area (Å²) in [5.41, 5.74) is 1.58. The number of fused-ring (bicyclic) bond motifs is 5. The molecule has 0 saturated heterocycles. The Balaban J connectivity index is 1.79. The first-order chi connectivity index (χ1) is 6.38. The molecule has 3 rings (SSSR count). The maximum Gasteiger partial charge on any atom is 0.0816 e. The molecule has 13 heavy (non-hydrogen) atoms. The van der Waals surface area contributed by atoms with Gasteiger partial charge < -0.3 is 4.74 Å². The zero-order valence-electron chi connectivity index (χ0n) is 8.33. The van der Waals surface area contributed by atoms with Gasteiger partial charge in [0.1, 0.15) is 0 Å². The van der Waals surface area contributed by atoms with E-state index in [0.717, 1.165) is 23.7 Å². The van der Waals surface area contributed by atoms with Crippen LogP contribution in [0.1, 0.15) is 32.1 Å². The molecule has 4 unspecified atom stereocenters. The average molecular weight is 178 g/mol. The molecule has 4 atom stereocenters. The highest BCUT2D eigenvalue weighted by Gasteiger charge is 2.50. The van der Waals surface area contributed by atoms with Gasteiger partial charge in [-0.3, -0.25) is 0 Å². The molecular formula is C12H18O. The van der Waals surface area contributed by atoms with Gasteiger partial charge in [0.15, 0.2) is 0 Å². The summed E-state index contributed by atoms with van der Waals surface area (Å²) in [5.74, 6) is 4.25. The second-order valence-electron chi connectivity index (χ2n) is 5.08. The lowest BCUT2D eigenvalue weighted by atomic mass is 9.82. The molecule has 1 heteroatoms. The summed E-state index contributed by atoms with van der Waals surface area (Å²) in [6.45, 7) is 0. The lowest BCUT2D eigenvalue weighted by molar-refractivity contribution is 0.259. The molecule has 0 aromatic rings. The number of hydrogen-bond acceptors (Lipinski definition) is 1. The zero-order chi connectivity index (χ0) is 8.84. The number of methoxy groups -OCH3 is 1. The van der Waals surface area contributed by atoms with E-state index >= 15 is 0 Å². The van der Waals surface area contributed by atoms with Crippen molar-refractivity contribution in [3.05, 3.63) is 11.8 Å². The molecule has 0 N–H and O–H groups in total. The third-order valence-corrected chi connectivity index (χ3v) is 4.55. The van der Waals surface area contributed by atoms with E-state index in [1.54, 1.807) is 19.1 Å². The average Bonchev–Trinajstić information content (AvgIpc) is 2.72. The van der Waals surface area contributed by atoms with Crippen LogP contribution in [0.2, 0.25) is 0 Å². The van der Waals surface area contributed by atoms with Crippen LogP contribution in [-0.2, 0) is 4.74 Å². The lowest BCUT2D eigenvalue weighted by Crippen LogP contribution is -2.15. The molecule has 2 bridgehead atoms. The van der Waals surface area contributed by atoms with Gasteiger partial charge >= 0.3 is 0 Å². The van der Waals surface area contributed by atoms with Crippen molar-refractivity contribution in [2.24, 2.45) is 23.7 Å². The number of rotatable bonds is 1. The van der Waals surface area contributed by atoms with Crippen LogP contribution in [0.25, 0.3) is 0 Å². The van der Waals surface area contributed by atoms with Gasteiger partial charge in [-0.25, -0.2) is 0 Å². The van der Waals surface area contributed by atoms with E-state index in [9.17, 15) is 0 Å². The molecule has 3 fully saturated rings. The predicted octanol–water partition coefficient (Wildman–Crippen LogP) is 2.97. The molecule has 0 aliphatic heterocycles. The summed E-state index contributed by atoms with van der Waals surface area (Å²) in [4.78, 5) is 0. The van der Waals surface area contributed by atoms with Crippen molar-refractivity contribution < 1.29 is 4.74 Å². The Hall–Kier alpha value is -0.460. The first-order valence-electron chi connectivity index (χ1n) is 5.59. The predicted molar refractivity (Wildman–Crippen MR) is 52.1 cm³/mol. The van der Waals surface area contributed by atoms with E-state index in [1.165, 1.54) is 25.7 Å². The van der Waals surface area contributed by atoms with Gasteiger partial charge in [-0.15, -0.1) is 0 Å². The number of hydrogen-bond donors (Lipinski definition) is 0. The Morgan fingerprint density at radius 2 is 1.77 bits per heavy atom. The maximum absolute atomic E-state index is 5.12. The third kappa shape index (κ3) is 1.06. The molecule has 0 aromatic heterocycles. The van der Waals surface area contributed by atoms with Crippen molar-refractivity contribution in [1.82, 2.24) is 0 Å². The molecule has 0 amide bonds. The highest BCUT2D eigenvalue weighted by molar-refractivity contribution is 5.15. The van der Waals surface area contributed by atoms with E-state index < -0.39 is 0 Å². The fourth-order valence-corrected chi connectivity index (χ4v) is 4.12. The van der Waals surface area contributed by atoms with E-state index in [0.29, 0.717) is 0 Å². The van der Waals surface area contributed by atoms with E-state index in [-0.39, 0.29) is 0 Å². The molecule has 3 aliphatic carbocycles. The van der Waals surface area contributed by atoms with Crippen molar-refractivity contribution in [2.45, 2.75) is 32.1 Å². The van der Waals surface area contributed by atoms with Gasteiger partial charge in [-0.1, -0.05) is 0 Å². The summed E-state index contributed by atoms with van der Waals surface area (Å²) in [5, 5.41) is 0. The minimum Gasteiger partial charge on any atom is -0.504 e. The second-order valence-corrected chi connectivity index (χ2v) is 5.08. The molecular weight excluding hydrogens is 160 g/mol. The quantitative estimate of drug-likeness (QED) is 0.561. The number of allylic oxidation sites excluding steroid dienone is 1. The van der Waals surface area contributed by atoms with Gasteiger partial charge in [0.2, 0.25) is 0 Å². The third-order valence-electron chi connectivity index (χ3n) is 4.55. The van der Waals surface area contributed by atoms with Crippen LogP contribution >= 0.6 is 0 Å². The van der Waals surface area contributed by atoms with Crippen molar-refractivity contribution >= 4 is 0 Å². The minimum absolute atomic E-state index is 1.04. The lowest BCUT2D eigenvalue weighted by Gasteiger charge is -2.23. The van der Waals surface area contributed by atoms with Crippen LogP contribution < -0.4 is 0 Å². The maximum atomic E-state index is 5.12. The standard InChI is InChI=1S/C12H18O/c1-13-7-8-4-11-9-2-3-10(6-9)12(11)5-8/h7,9-12H,2-6H2,1H3. The topological polar surface area (TPSA) is 9.23 Å². The van der Waals surface area contributed by atoms with Gasteiger partial charge in [-0.2, -0.15) is 0 Å². The number of ether oxygens (including phenoxy) is 1. The van der Waals surface area contributed by atoms with Crippen LogP contribution in [0.5, 0.6) is 0 Å². The van der Waals surface area contributed by atoms with Crippen LogP contribution in [0.15, 0.2) is 11.8 Å². The smallest absolute Gasteiger partial charge is 0.0816 e. The molecule has 72 valence electrons. The van der Waals surface area contributed by atoms with E-state index in [1.807, 2.05) is 6.26 Å².